The van der Waals surface area contributed by atoms with E-state index in [2.05, 4.69) is 15.3 Å². The molecular weight excluding hydrogens is 276 g/mol. The Hall–Kier alpha value is -3.03. The summed E-state index contributed by atoms with van der Waals surface area (Å²) >= 11 is 0. The number of rotatable bonds is 5. The monoisotopic (exact) mass is 288 g/mol. The fraction of sp³-hybridized carbons (Fsp3) is 0.154. The predicted molar refractivity (Wildman–Crippen MR) is 74.1 cm³/mol. The van der Waals surface area contributed by atoms with Gasteiger partial charge in [-0.25, -0.2) is 9.78 Å². The van der Waals surface area contributed by atoms with Crippen LogP contribution in [0.5, 0.6) is 0 Å². The summed E-state index contributed by atoms with van der Waals surface area (Å²) in [6.45, 7) is 1.81. The number of pyridine rings is 2. The largest absolute Gasteiger partial charge is 0.478 e. The maximum absolute atomic E-state index is 11.0. The van der Waals surface area contributed by atoms with Gasteiger partial charge in [0.2, 0.25) is 5.82 Å². The van der Waals surface area contributed by atoms with Crippen LogP contribution in [-0.2, 0) is 0 Å². The minimum atomic E-state index is -1.26. The van der Waals surface area contributed by atoms with Crippen LogP contribution in [0, 0.1) is 10.1 Å². The number of anilines is 1. The van der Waals surface area contributed by atoms with Crippen molar-refractivity contribution in [3.8, 4) is 0 Å². The van der Waals surface area contributed by atoms with Gasteiger partial charge in [-0.05, 0) is 24.6 Å². The molecule has 0 saturated carbocycles. The molecule has 0 amide bonds. The van der Waals surface area contributed by atoms with Crippen molar-refractivity contribution in [1.29, 1.82) is 0 Å². The summed E-state index contributed by atoms with van der Waals surface area (Å²) in [4.78, 5) is 28.9. The van der Waals surface area contributed by atoms with Crippen molar-refractivity contribution < 1.29 is 14.8 Å². The Balaban J connectivity index is 2.31. The summed E-state index contributed by atoms with van der Waals surface area (Å²) in [6.07, 6.45) is 4.31. The van der Waals surface area contributed by atoms with E-state index >= 15 is 0 Å². The molecule has 2 rings (SSSR count). The molecule has 0 fully saturated rings. The van der Waals surface area contributed by atoms with Crippen LogP contribution in [-0.4, -0.2) is 26.0 Å². The van der Waals surface area contributed by atoms with E-state index in [9.17, 15) is 14.9 Å². The van der Waals surface area contributed by atoms with Gasteiger partial charge in [0.25, 0.3) is 0 Å². The summed E-state index contributed by atoms with van der Waals surface area (Å²) in [6, 6.07) is 4.29. The van der Waals surface area contributed by atoms with E-state index in [0.717, 1.165) is 17.8 Å². The summed E-state index contributed by atoms with van der Waals surface area (Å²) in [7, 11) is 0. The molecule has 0 aliphatic heterocycles. The number of hydrogen-bond acceptors (Lipinski definition) is 6. The number of carbonyl (C=O) groups is 1. The highest BCUT2D eigenvalue weighted by Crippen LogP contribution is 2.26. The molecule has 0 aliphatic rings. The Bertz CT molecular complexity index is 675. The molecule has 2 N–H and O–H groups in total. The molecule has 8 nitrogen and oxygen atoms in total. The fourth-order valence-corrected chi connectivity index (χ4v) is 1.76. The SMILES string of the molecule is CC(Nc1ncc(C(=O)O)cc1[N+](=O)[O-])c1ccncc1. The smallest absolute Gasteiger partial charge is 0.337 e. The van der Waals surface area contributed by atoms with Gasteiger partial charge in [-0.15, -0.1) is 0 Å². The van der Waals surface area contributed by atoms with E-state index in [1.54, 1.807) is 24.5 Å². The van der Waals surface area contributed by atoms with Crippen LogP contribution in [0.1, 0.15) is 28.9 Å². The van der Waals surface area contributed by atoms with Crippen molar-refractivity contribution in [1.82, 2.24) is 9.97 Å². The van der Waals surface area contributed by atoms with Gasteiger partial charge in [0.05, 0.1) is 16.5 Å². The molecule has 0 spiro atoms. The average molecular weight is 288 g/mol. The number of nitrogens with zero attached hydrogens (tertiary/aromatic N) is 3. The number of carboxylic acid groups (broad SMARTS) is 1. The highest BCUT2D eigenvalue weighted by Gasteiger charge is 2.20. The first-order valence-electron chi connectivity index (χ1n) is 6.03. The van der Waals surface area contributed by atoms with Crippen LogP contribution in [0.3, 0.4) is 0 Å². The predicted octanol–water partition coefficient (Wildman–Crippen LogP) is 2.26. The molecular formula is C13H12N4O4. The summed E-state index contributed by atoms with van der Waals surface area (Å²) < 4.78 is 0. The van der Waals surface area contributed by atoms with Crippen LogP contribution in [0.25, 0.3) is 0 Å². The number of carboxylic acids is 1. The van der Waals surface area contributed by atoms with Gasteiger partial charge in [0.15, 0.2) is 0 Å². The zero-order chi connectivity index (χ0) is 15.4. The van der Waals surface area contributed by atoms with E-state index in [0.29, 0.717) is 0 Å². The second kappa shape index (κ2) is 5.95. The van der Waals surface area contributed by atoms with Gasteiger partial charge < -0.3 is 10.4 Å². The zero-order valence-electron chi connectivity index (χ0n) is 11.1. The molecule has 0 bridgehead atoms. The van der Waals surface area contributed by atoms with Crippen molar-refractivity contribution in [2.24, 2.45) is 0 Å². The van der Waals surface area contributed by atoms with Gasteiger partial charge in [0, 0.05) is 24.7 Å². The van der Waals surface area contributed by atoms with Crippen LogP contribution < -0.4 is 5.32 Å². The molecule has 1 unspecified atom stereocenters. The second-order valence-electron chi connectivity index (χ2n) is 4.30. The number of nitrogens with one attached hydrogen (secondary N) is 1. The first kappa shape index (κ1) is 14.4. The van der Waals surface area contributed by atoms with E-state index in [-0.39, 0.29) is 23.1 Å². The minimum absolute atomic E-state index is 0.0225. The molecule has 2 aromatic rings. The highest BCUT2D eigenvalue weighted by molar-refractivity contribution is 5.88. The van der Waals surface area contributed by atoms with Gasteiger partial charge >= 0.3 is 11.7 Å². The lowest BCUT2D eigenvalue weighted by atomic mass is 10.1. The number of nitro groups is 1. The highest BCUT2D eigenvalue weighted by atomic mass is 16.6. The van der Waals surface area contributed by atoms with Gasteiger partial charge in [0.1, 0.15) is 0 Å². The number of aromatic nitrogens is 2. The normalized spacial score (nSPS) is 11.7. The molecule has 2 heterocycles. The lowest BCUT2D eigenvalue weighted by Crippen LogP contribution is -2.11. The Kier molecular flexibility index (Phi) is 4.07. The van der Waals surface area contributed by atoms with Gasteiger partial charge in [-0.1, -0.05) is 0 Å². The topological polar surface area (TPSA) is 118 Å². The van der Waals surface area contributed by atoms with E-state index in [1.807, 2.05) is 6.92 Å². The van der Waals surface area contributed by atoms with Crippen molar-refractivity contribution in [3.63, 3.8) is 0 Å². The molecule has 0 saturated heterocycles. The first-order valence-corrected chi connectivity index (χ1v) is 6.03. The van der Waals surface area contributed by atoms with E-state index in [4.69, 9.17) is 5.11 Å². The third-order valence-corrected chi connectivity index (χ3v) is 2.87. The van der Waals surface area contributed by atoms with Crippen LogP contribution in [0.2, 0.25) is 0 Å². The maximum atomic E-state index is 11.0. The Morgan fingerprint density at radius 3 is 2.67 bits per heavy atom. The second-order valence-corrected chi connectivity index (χ2v) is 4.30. The van der Waals surface area contributed by atoms with Crippen LogP contribution >= 0.6 is 0 Å². The molecule has 0 radical (unpaired) electrons. The van der Waals surface area contributed by atoms with Gasteiger partial charge in [-0.2, -0.15) is 0 Å². The van der Waals surface area contributed by atoms with E-state index < -0.39 is 10.9 Å². The van der Waals surface area contributed by atoms with E-state index in [1.165, 1.54) is 0 Å². The number of hydrogen-bond donors (Lipinski definition) is 2. The Morgan fingerprint density at radius 2 is 2.10 bits per heavy atom. The molecule has 2 aromatic heterocycles. The van der Waals surface area contributed by atoms with Crippen molar-refractivity contribution in [2.45, 2.75) is 13.0 Å². The third-order valence-electron chi connectivity index (χ3n) is 2.87. The minimum Gasteiger partial charge on any atom is -0.478 e. The molecule has 0 aliphatic carbocycles. The van der Waals surface area contributed by atoms with Crippen molar-refractivity contribution in [3.05, 3.63) is 58.0 Å². The third kappa shape index (κ3) is 3.30. The standard InChI is InChI=1S/C13H12N4O4/c1-8(9-2-4-14-5-3-9)16-12-11(17(20)21)6-10(7-15-12)13(18)19/h2-8H,1H3,(H,15,16)(H,18,19). The van der Waals surface area contributed by atoms with Crippen molar-refractivity contribution in [2.75, 3.05) is 5.32 Å². The zero-order valence-corrected chi connectivity index (χ0v) is 11.1. The average Bonchev–Trinajstić information content (AvgIpc) is 2.48. The summed E-state index contributed by atoms with van der Waals surface area (Å²) in [5.41, 5.74) is 0.267. The lowest BCUT2D eigenvalue weighted by Gasteiger charge is -2.14. The molecule has 108 valence electrons. The Labute approximate surface area is 119 Å². The lowest BCUT2D eigenvalue weighted by molar-refractivity contribution is -0.384. The maximum Gasteiger partial charge on any atom is 0.337 e. The van der Waals surface area contributed by atoms with Crippen LogP contribution in [0.15, 0.2) is 36.8 Å². The fourth-order valence-electron chi connectivity index (χ4n) is 1.76. The Morgan fingerprint density at radius 1 is 1.43 bits per heavy atom. The summed E-state index contributed by atoms with van der Waals surface area (Å²) in [5.74, 6) is -1.24. The quantitative estimate of drug-likeness (QED) is 0.639. The first-order chi connectivity index (χ1) is 9.99. The molecule has 21 heavy (non-hydrogen) atoms. The molecule has 1 atom stereocenters. The van der Waals surface area contributed by atoms with Gasteiger partial charge in [-0.3, -0.25) is 15.1 Å². The van der Waals surface area contributed by atoms with Crippen LogP contribution in [0.4, 0.5) is 11.5 Å². The van der Waals surface area contributed by atoms with Crippen molar-refractivity contribution >= 4 is 17.5 Å². The summed E-state index contributed by atoms with van der Waals surface area (Å²) in [5, 5.41) is 22.8. The molecule has 8 heteroatoms. The number of aromatic carboxylic acids is 1. The molecule has 0 aromatic carbocycles.